The van der Waals surface area contributed by atoms with E-state index in [9.17, 15) is 0 Å². The number of nitrogens with zero attached hydrogens (tertiary/aromatic N) is 2. The van der Waals surface area contributed by atoms with Gasteiger partial charge in [0, 0.05) is 29.9 Å². The average Bonchev–Trinajstić information content (AvgIpc) is 2.91. The summed E-state index contributed by atoms with van der Waals surface area (Å²) in [5.41, 5.74) is 4.13. The zero-order valence-corrected chi connectivity index (χ0v) is 11.4. The molecular formula is C14H24N4. The Hall–Kier alpha value is -0.970. The molecule has 1 aliphatic rings. The van der Waals surface area contributed by atoms with Gasteiger partial charge in [-0.05, 0) is 51.9 Å². The number of likely N-dealkylation sites (tertiary alicyclic amines) is 1. The van der Waals surface area contributed by atoms with Crippen molar-refractivity contribution in [3.8, 4) is 0 Å². The zero-order valence-electron chi connectivity index (χ0n) is 11.4. The van der Waals surface area contributed by atoms with Crippen LogP contribution in [0, 0.1) is 0 Å². The minimum absolute atomic E-state index is 0.0583. The smallest absolute Gasteiger partial charge is 0.0444 e. The third kappa shape index (κ3) is 2.88. The number of nitrogens with one attached hydrogen (secondary N) is 1. The van der Waals surface area contributed by atoms with Crippen molar-refractivity contribution in [2.45, 2.75) is 44.7 Å². The topological polar surface area (TPSA) is 54.2 Å². The largest absolute Gasteiger partial charge is 0.297 e. The van der Waals surface area contributed by atoms with Crippen molar-refractivity contribution in [3.63, 3.8) is 0 Å². The fourth-order valence-corrected chi connectivity index (χ4v) is 2.75. The average molecular weight is 248 g/mol. The predicted molar refractivity (Wildman–Crippen MR) is 73.9 cm³/mol. The van der Waals surface area contributed by atoms with E-state index in [1.807, 2.05) is 18.3 Å². The van der Waals surface area contributed by atoms with Gasteiger partial charge < -0.3 is 0 Å². The molecule has 1 aliphatic heterocycles. The Kier molecular flexibility index (Phi) is 4.32. The summed E-state index contributed by atoms with van der Waals surface area (Å²) in [6.45, 7) is 6.89. The van der Waals surface area contributed by atoms with Crippen LogP contribution in [0.3, 0.4) is 0 Å². The molecule has 1 unspecified atom stereocenters. The molecule has 1 aromatic heterocycles. The predicted octanol–water partition coefficient (Wildman–Crippen LogP) is 1.33. The van der Waals surface area contributed by atoms with Gasteiger partial charge in [0.15, 0.2) is 0 Å². The fraction of sp³-hybridized carbons (Fsp3) is 0.643. The van der Waals surface area contributed by atoms with E-state index in [1.54, 1.807) is 0 Å². The molecule has 100 valence electrons. The maximum absolute atomic E-state index is 5.77. The maximum Gasteiger partial charge on any atom is 0.0444 e. The van der Waals surface area contributed by atoms with Crippen LogP contribution in [-0.4, -0.2) is 34.6 Å². The second-order valence-corrected chi connectivity index (χ2v) is 5.59. The third-order valence-electron chi connectivity index (χ3n) is 4.11. The summed E-state index contributed by atoms with van der Waals surface area (Å²) in [7, 11) is 0. The highest BCUT2D eigenvalue weighted by atomic mass is 15.3. The van der Waals surface area contributed by atoms with Gasteiger partial charge in [0.25, 0.3) is 0 Å². The second kappa shape index (κ2) is 5.78. The Morgan fingerprint density at radius 2 is 2.11 bits per heavy atom. The van der Waals surface area contributed by atoms with Crippen LogP contribution >= 0.6 is 0 Å². The molecule has 0 aliphatic carbocycles. The molecule has 0 spiro atoms. The molecule has 1 saturated heterocycles. The highest BCUT2D eigenvalue weighted by Crippen LogP contribution is 2.25. The molecule has 4 heteroatoms. The Morgan fingerprint density at radius 1 is 1.39 bits per heavy atom. The lowest BCUT2D eigenvalue weighted by Crippen LogP contribution is -2.59. The molecule has 1 atom stereocenters. The van der Waals surface area contributed by atoms with Gasteiger partial charge in [-0.2, -0.15) is 0 Å². The van der Waals surface area contributed by atoms with Crippen LogP contribution < -0.4 is 11.3 Å². The number of nitrogens with two attached hydrogens (primary N) is 1. The summed E-state index contributed by atoms with van der Waals surface area (Å²) in [6.07, 6.45) is 5.29. The van der Waals surface area contributed by atoms with E-state index in [0.29, 0.717) is 0 Å². The van der Waals surface area contributed by atoms with Crippen molar-refractivity contribution in [1.29, 1.82) is 0 Å². The van der Waals surface area contributed by atoms with Crippen molar-refractivity contribution in [2.75, 3.05) is 13.1 Å². The number of pyridine rings is 1. The number of rotatable bonds is 5. The molecule has 0 bridgehead atoms. The van der Waals surface area contributed by atoms with Crippen LogP contribution in [0.2, 0.25) is 0 Å². The van der Waals surface area contributed by atoms with Gasteiger partial charge in [-0.25, -0.2) is 0 Å². The molecule has 18 heavy (non-hydrogen) atoms. The van der Waals surface area contributed by atoms with Crippen molar-refractivity contribution in [2.24, 2.45) is 5.84 Å². The van der Waals surface area contributed by atoms with Gasteiger partial charge in [-0.1, -0.05) is 6.07 Å². The fourth-order valence-electron chi connectivity index (χ4n) is 2.75. The van der Waals surface area contributed by atoms with Crippen LogP contribution in [0.15, 0.2) is 24.4 Å². The van der Waals surface area contributed by atoms with E-state index in [2.05, 4.69) is 35.2 Å². The Bertz CT molecular complexity index is 357. The summed E-state index contributed by atoms with van der Waals surface area (Å²) >= 11 is 0. The maximum atomic E-state index is 5.77. The summed E-state index contributed by atoms with van der Waals surface area (Å²) in [5, 5.41) is 0. The number of hydrogen-bond donors (Lipinski definition) is 2. The molecule has 1 aromatic rings. The first-order valence-corrected chi connectivity index (χ1v) is 6.75. The highest BCUT2D eigenvalue weighted by Gasteiger charge is 2.36. The molecule has 2 rings (SSSR count). The SMILES string of the molecule is CC(C)(C(Cc1ccccn1)NN)N1CCCC1. The molecule has 0 amide bonds. The highest BCUT2D eigenvalue weighted by molar-refractivity contribution is 5.08. The Balaban J connectivity index is 2.07. The minimum Gasteiger partial charge on any atom is -0.297 e. The van der Waals surface area contributed by atoms with Crippen molar-refractivity contribution < 1.29 is 0 Å². The van der Waals surface area contributed by atoms with E-state index in [0.717, 1.165) is 12.1 Å². The first kappa shape index (κ1) is 13.5. The standard InChI is InChI=1S/C14H24N4/c1-14(2,18-9-5-6-10-18)13(17-15)11-12-7-3-4-8-16-12/h3-4,7-8,13,17H,5-6,9-11,15H2,1-2H3. The lowest BCUT2D eigenvalue weighted by atomic mass is 9.89. The van der Waals surface area contributed by atoms with E-state index in [1.165, 1.54) is 25.9 Å². The molecule has 0 aromatic carbocycles. The van der Waals surface area contributed by atoms with Gasteiger partial charge >= 0.3 is 0 Å². The normalized spacial score (nSPS) is 19.1. The summed E-state index contributed by atoms with van der Waals surface area (Å²) in [6, 6.07) is 6.24. The van der Waals surface area contributed by atoms with E-state index >= 15 is 0 Å². The number of hydrogen-bond acceptors (Lipinski definition) is 4. The van der Waals surface area contributed by atoms with Crippen LogP contribution in [0.25, 0.3) is 0 Å². The zero-order chi connectivity index (χ0) is 13.0. The van der Waals surface area contributed by atoms with Crippen molar-refractivity contribution >= 4 is 0 Å². The Morgan fingerprint density at radius 3 is 2.67 bits per heavy atom. The van der Waals surface area contributed by atoms with E-state index in [4.69, 9.17) is 5.84 Å². The van der Waals surface area contributed by atoms with E-state index < -0.39 is 0 Å². The van der Waals surface area contributed by atoms with Crippen LogP contribution in [0.5, 0.6) is 0 Å². The molecule has 3 N–H and O–H groups in total. The summed E-state index contributed by atoms with van der Waals surface area (Å²) in [4.78, 5) is 6.92. The third-order valence-corrected chi connectivity index (χ3v) is 4.11. The Labute approximate surface area is 110 Å². The van der Waals surface area contributed by atoms with Gasteiger partial charge in [0.05, 0.1) is 0 Å². The second-order valence-electron chi connectivity index (χ2n) is 5.59. The number of hydrazine groups is 1. The molecule has 0 saturated carbocycles. The minimum atomic E-state index is 0.0583. The molecular weight excluding hydrogens is 224 g/mol. The first-order valence-electron chi connectivity index (χ1n) is 6.75. The van der Waals surface area contributed by atoms with Crippen LogP contribution in [-0.2, 0) is 6.42 Å². The molecule has 1 fully saturated rings. The van der Waals surface area contributed by atoms with Crippen molar-refractivity contribution in [1.82, 2.24) is 15.3 Å². The van der Waals surface area contributed by atoms with E-state index in [-0.39, 0.29) is 11.6 Å². The number of aromatic nitrogens is 1. The lowest BCUT2D eigenvalue weighted by molar-refractivity contribution is 0.106. The van der Waals surface area contributed by atoms with Crippen LogP contribution in [0.1, 0.15) is 32.4 Å². The van der Waals surface area contributed by atoms with Crippen molar-refractivity contribution in [3.05, 3.63) is 30.1 Å². The summed E-state index contributed by atoms with van der Waals surface area (Å²) < 4.78 is 0. The van der Waals surface area contributed by atoms with Gasteiger partial charge in [0.1, 0.15) is 0 Å². The lowest BCUT2D eigenvalue weighted by Gasteiger charge is -2.41. The van der Waals surface area contributed by atoms with Gasteiger partial charge in [-0.3, -0.25) is 21.2 Å². The monoisotopic (exact) mass is 248 g/mol. The van der Waals surface area contributed by atoms with Crippen LogP contribution in [0.4, 0.5) is 0 Å². The van der Waals surface area contributed by atoms with Gasteiger partial charge in [-0.15, -0.1) is 0 Å². The first-order chi connectivity index (χ1) is 8.64. The van der Waals surface area contributed by atoms with Gasteiger partial charge in [0.2, 0.25) is 0 Å². The quantitative estimate of drug-likeness (QED) is 0.610. The molecule has 2 heterocycles. The molecule has 4 nitrogen and oxygen atoms in total. The summed E-state index contributed by atoms with van der Waals surface area (Å²) in [5.74, 6) is 5.77. The molecule has 0 radical (unpaired) electrons.